The van der Waals surface area contributed by atoms with Gasteiger partial charge in [-0.05, 0) is 32.8 Å². The van der Waals surface area contributed by atoms with Crippen LogP contribution in [-0.2, 0) is 9.47 Å². The second kappa shape index (κ2) is 6.18. The Balaban J connectivity index is 2.21. The molecule has 0 aliphatic rings. The zero-order valence-corrected chi connectivity index (χ0v) is 11.9. The van der Waals surface area contributed by atoms with E-state index in [2.05, 4.69) is 28.1 Å². The molecule has 0 unspecified atom stereocenters. The Bertz CT molecular complexity index is 523. The Labute approximate surface area is 115 Å². The van der Waals surface area contributed by atoms with Gasteiger partial charge in [0.2, 0.25) is 0 Å². The van der Waals surface area contributed by atoms with Gasteiger partial charge in [0.15, 0.2) is 6.29 Å². The van der Waals surface area contributed by atoms with Crippen molar-refractivity contribution in [3.05, 3.63) is 40.9 Å². The molecule has 0 aliphatic carbocycles. The van der Waals surface area contributed by atoms with Crippen LogP contribution in [0.4, 0.5) is 0 Å². The summed E-state index contributed by atoms with van der Waals surface area (Å²) < 4.78 is 16.8. The van der Waals surface area contributed by atoms with Crippen LogP contribution in [0.5, 0.6) is 5.75 Å². The Morgan fingerprint density at radius 2 is 1.78 bits per heavy atom. The Hall–Kier alpha value is -1.10. The van der Waals surface area contributed by atoms with Crippen molar-refractivity contribution in [1.29, 1.82) is 0 Å². The van der Waals surface area contributed by atoms with Crippen molar-refractivity contribution < 1.29 is 14.2 Å². The third-order valence-corrected chi connectivity index (χ3v) is 3.55. The first-order valence-corrected chi connectivity index (χ1v) is 6.41. The Kier molecular flexibility index (Phi) is 4.58. The summed E-state index contributed by atoms with van der Waals surface area (Å²) in [4.78, 5) is 0. The van der Waals surface area contributed by atoms with Gasteiger partial charge in [0.1, 0.15) is 12.4 Å². The lowest BCUT2D eigenvalue weighted by Gasteiger charge is -2.15. The monoisotopic (exact) mass is 310 g/mol. The number of ether oxygens (including phenoxy) is 3. The molecule has 18 heavy (non-hydrogen) atoms. The highest BCUT2D eigenvalue weighted by Gasteiger charge is 2.09. The summed E-state index contributed by atoms with van der Waals surface area (Å²) in [6.07, 6.45) is -0.358. The zero-order valence-electron chi connectivity index (χ0n) is 10.4. The van der Waals surface area contributed by atoms with E-state index in [-0.39, 0.29) is 6.29 Å². The average molecular weight is 311 g/mol. The zero-order chi connectivity index (χ0) is 13.0. The van der Waals surface area contributed by atoms with E-state index in [1.54, 1.807) is 14.2 Å². The normalized spacial score (nSPS) is 11.1. The molecule has 0 radical (unpaired) electrons. The van der Waals surface area contributed by atoms with E-state index in [0.717, 1.165) is 15.6 Å². The molecule has 96 valence electrons. The van der Waals surface area contributed by atoms with Gasteiger partial charge in [0, 0.05) is 14.2 Å². The molecule has 2 aromatic carbocycles. The first kappa shape index (κ1) is 13.3. The van der Waals surface area contributed by atoms with E-state index in [9.17, 15) is 0 Å². The lowest BCUT2D eigenvalue weighted by atomic mass is 10.1. The van der Waals surface area contributed by atoms with Gasteiger partial charge in [-0.3, -0.25) is 0 Å². The molecule has 0 saturated carbocycles. The minimum absolute atomic E-state index is 0.351. The largest absolute Gasteiger partial charge is 0.487 e. The molecule has 0 fully saturated rings. The summed E-state index contributed by atoms with van der Waals surface area (Å²) in [7, 11) is 3.18. The number of benzene rings is 2. The van der Waals surface area contributed by atoms with E-state index in [4.69, 9.17) is 14.2 Å². The Morgan fingerprint density at radius 3 is 2.50 bits per heavy atom. The molecule has 0 saturated heterocycles. The van der Waals surface area contributed by atoms with E-state index in [0.29, 0.717) is 6.61 Å². The third-order valence-electron chi connectivity index (χ3n) is 2.73. The highest BCUT2D eigenvalue weighted by atomic mass is 79.9. The quantitative estimate of drug-likeness (QED) is 0.790. The predicted molar refractivity (Wildman–Crippen MR) is 74.9 cm³/mol. The van der Waals surface area contributed by atoms with Crippen molar-refractivity contribution >= 4 is 26.7 Å². The molecule has 2 rings (SSSR count). The second-order valence-electron chi connectivity index (χ2n) is 3.81. The molecule has 0 aromatic heterocycles. The van der Waals surface area contributed by atoms with Crippen LogP contribution in [0.2, 0.25) is 0 Å². The predicted octanol–water partition coefficient (Wildman–Crippen LogP) is 3.60. The first-order chi connectivity index (χ1) is 8.76. The number of hydrogen-bond acceptors (Lipinski definition) is 3. The molecule has 0 bridgehead atoms. The van der Waals surface area contributed by atoms with Gasteiger partial charge in [0.25, 0.3) is 0 Å². The summed E-state index contributed by atoms with van der Waals surface area (Å²) in [5, 5.41) is 2.30. The topological polar surface area (TPSA) is 27.7 Å². The summed E-state index contributed by atoms with van der Waals surface area (Å²) in [6.45, 7) is 0.351. The first-order valence-electron chi connectivity index (χ1n) is 5.62. The fourth-order valence-electron chi connectivity index (χ4n) is 1.72. The van der Waals surface area contributed by atoms with Gasteiger partial charge in [-0.2, -0.15) is 0 Å². The third kappa shape index (κ3) is 2.83. The molecule has 0 aliphatic heterocycles. The smallest absolute Gasteiger partial charge is 0.191 e. The summed E-state index contributed by atoms with van der Waals surface area (Å²) in [6, 6.07) is 12.1. The number of methoxy groups -OCH3 is 2. The fraction of sp³-hybridized carbons (Fsp3) is 0.286. The van der Waals surface area contributed by atoms with Crippen LogP contribution in [0.3, 0.4) is 0 Å². The molecule has 4 heteroatoms. The number of rotatable bonds is 5. The van der Waals surface area contributed by atoms with Gasteiger partial charge in [-0.1, -0.05) is 30.3 Å². The molecule has 0 heterocycles. The van der Waals surface area contributed by atoms with E-state index >= 15 is 0 Å². The summed E-state index contributed by atoms with van der Waals surface area (Å²) in [5.74, 6) is 0.785. The lowest BCUT2D eigenvalue weighted by molar-refractivity contribution is -0.122. The maximum absolute atomic E-state index is 5.69. The van der Waals surface area contributed by atoms with Crippen molar-refractivity contribution in [2.24, 2.45) is 0 Å². The molecular formula is C14H15BrO3. The van der Waals surface area contributed by atoms with Crippen molar-refractivity contribution in [2.75, 3.05) is 20.8 Å². The summed E-state index contributed by atoms with van der Waals surface area (Å²) in [5.41, 5.74) is 0. The minimum atomic E-state index is -0.358. The van der Waals surface area contributed by atoms with Crippen molar-refractivity contribution in [1.82, 2.24) is 0 Å². The molecule has 0 spiro atoms. The number of fused-ring (bicyclic) bond motifs is 1. The van der Waals surface area contributed by atoms with Gasteiger partial charge < -0.3 is 14.2 Å². The SMILES string of the molecule is COC(COc1ccc2ccccc2c1Br)OC. The van der Waals surface area contributed by atoms with Crippen LogP contribution in [-0.4, -0.2) is 27.1 Å². The van der Waals surface area contributed by atoms with Gasteiger partial charge in [-0.15, -0.1) is 0 Å². The van der Waals surface area contributed by atoms with E-state index < -0.39 is 0 Å². The van der Waals surface area contributed by atoms with Gasteiger partial charge in [0.05, 0.1) is 4.47 Å². The van der Waals surface area contributed by atoms with Crippen molar-refractivity contribution in [2.45, 2.75) is 6.29 Å². The van der Waals surface area contributed by atoms with Crippen molar-refractivity contribution in [3.8, 4) is 5.75 Å². The second-order valence-corrected chi connectivity index (χ2v) is 4.60. The molecule has 0 amide bonds. The minimum Gasteiger partial charge on any atom is -0.487 e. The molecule has 0 atom stereocenters. The van der Waals surface area contributed by atoms with Crippen LogP contribution in [0.15, 0.2) is 40.9 Å². The number of hydrogen-bond donors (Lipinski definition) is 0. The van der Waals surface area contributed by atoms with Crippen LogP contribution >= 0.6 is 15.9 Å². The van der Waals surface area contributed by atoms with E-state index in [1.165, 1.54) is 5.39 Å². The standard InChI is InChI=1S/C14H15BrO3/c1-16-13(17-2)9-18-12-8-7-10-5-3-4-6-11(10)14(12)15/h3-8,13H,9H2,1-2H3. The molecule has 0 N–H and O–H groups in total. The fourth-order valence-corrected chi connectivity index (χ4v) is 2.32. The van der Waals surface area contributed by atoms with Crippen LogP contribution in [0.1, 0.15) is 0 Å². The Morgan fingerprint density at radius 1 is 1.06 bits per heavy atom. The number of halogens is 1. The lowest BCUT2D eigenvalue weighted by Crippen LogP contribution is -2.22. The maximum atomic E-state index is 5.69. The molecule has 3 nitrogen and oxygen atoms in total. The van der Waals surface area contributed by atoms with E-state index in [1.807, 2.05) is 24.3 Å². The highest BCUT2D eigenvalue weighted by molar-refractivity contribution is 9.10. The summed E-state index contributed by atoms with van der Waals surface area (Å²) >= 11 is 3.57. The van der Waals surface area contributed by atoms with Crippen LogP contribution in [0, 0.1) is 0 Å². The average Bonchev–Trinajstić information content (AvgIpc) is 2.42. The molecular weight excluding hydrogens is 296 g/mol. The van der Waals surface area contributed by atoms with Gasteiger partial charge in [-0.25, -0.2) is 0 Å². The highest BCUT2D eigenvalue weighted by Crippen LogP contribution is 2.33. The molecule has 2 aromatic rings. The van der Waals surface area contributed by atoms with Gasteiger partial charge >= 0.3 is 0 Å². The van der Waals surface area contributed by atoms with Crippen molar-refractivity contribution in [3.63, 3.8) is 0 Å². The maximum Gasteiger partial charge on any atom is 0.191 e. The van der Waals surface area contributed by atoms with Crippen LogP contribution in [0.25, 0.3) is 10.8 Å². The van der Waals surface area contributed by atoms with Crippen LogP contribution < -0.4 is 4.74 Å².